The minimum atomic E-state index is -0.834. The molecule has 3 amide bonds. The highest BCUT2D eigenvalue weighted by Crippen LogP contribution is 2.32. The van der Waals surface area contributed by atoms with Gasteiger partial charge in [-0.1, -0.05) is 0 Å². The average Bonchev–Trinajstić information content (AvgIpc) is 2.55. The van der Waals surface area contributed by atoms with E-state index in [0.717, 1.165) is 12.1 Å². The van der Waals surface area contributed by atoms with Gasteiger partial charge in [-0.3, -0.25) is 14.9 Å². The first-order chi connectivity index (χ1) is 12.2. The summed E-state index contributed by atoms with van der Waals surface area (Å²) in [5, 5.41) is 25.2. The van der Waals surface area contributed by atoms with Crippen molar-refractivity contribution >= 4 is 34.7 Å². The number of anilines is 3. The highest BCUT2D eigenvalue weighted by molar-refractivity contribution is 6.08. The summed E-state index contributed by atoms with van der Waals surface area (Å²) in [5.41, 5.74) is 10.3. The molecule has 7 N–H and O–H groups in total. The number of nitrogens with zero attached hydrogens (tertiary/aromatic N) is 1. The molecule has 0 saturated heterocycles. The van der Waals surface area contributed by atoms with E-state index in [1.54, 1.807) is 0 Å². The molecule has 0 aliphatic rings. The number of hydrogen-bond donors (Lipinski definition) is 5. The lowest BCUT2D eigenvalue weighted by molar-refractivity contribution is -0.385. The van der Waals surface area contributed by atoms with Crippen molar-refractivity contribution in [1.29, 1.82) is 0 Å². The van der Waals surface area contributed by atoms with Crippen molar-refractivity contribution < 1.29 is 24.4 Å². The fourth-order valence-electron chi connectivity index (χ4n) is 2.14. The Kier molecular flexibility index (Phi) is 5.11. The number of nitro benzene ring substituents is 1. The van der Waals surface area contributed by atoms with E-state index in [0.29, 0.717) is 0 Å². The van der Waals surface area contributed by atoms with Crippen LogP contribution in [0.15, 0.2) is 30.3 Å². The number of primary amides is 1. The first-order valence-corrected chi connectivity index (χ1v) is 7.05. The number of nitrogens with one attached hydrogen (secondary N) is 2. The van der Waals surface area contributed by atoms with E-state index in [2.05, 4.69) is 10.6 Å². The summed E-state index contributed by atoms with van der Waals surface area (Å²) in [4.78, 5) is 33.3. The van der Waals surface area contributed by atoms with Crippen molar-refractivity contribution in [1.82, 2.24) is 0 Å². The second-order valence-corrected chi connectivity index (χ2v) is 5.04. The number of methoxy groups -OCH3 is 1. The van der Waals surface area contributed by atoms with Crippen LogP contribution in [-0.4, -0.2) is 29.1 Å². The van der Waals surface area contributed by atoms with Crippen LogP contribution in [0.5, 0.6) is 11.5 Å². The number of urea groups is 1. The number of ether oxygens (including phenoxy) is 1. The molecule has 0 bridgehead atoms. The van der Waals surface area contributed by atoms with E-state index in [1.807, 2.05) is 0 Å². The summed E-state index contributed by atoms with van der Waals surface area (Å²) in [6.07, 6.45) is 0. The van der Waals surface area contributed by atoms with Crippen LogP contribution >= 0.6 is 0 Å². The Balaban J connectivity index is 2.31. The SMILES string of the molecule is COc1cc(NC(=O)c2cc([N+](=O)[O-])c(O)cc2N)ccc1NC(N)=O. The number of aromatic hydroxyl groups is 1. The van der Waals surface area contributed by atoms with Crippen LogP contribution in [0.2, 0.25) is 0 Å². The highest BCUT2D eigenvalue weighted by atomic mass is 16.6. The summed E-state index contributed by atoms with van der Waals surface area (Å²) in [5.74, 6) is -1.15. The molecule has 26 heavy (non-hydrogen) atoms. The third-order valence-corrected chi connectivity index (χ3v) is 3.31. The summed E-state index contributed by atoms with van der Waals surface area (Å²) < 4.78 is 5.10. The molecule has 0 fully saturated rings. The second-order valence-electron chi connectivity index (χ2n) is 5.04. The topological polar surface area (TPSA) is 183 Å². The number of nitrogen functional groups attached to an aromatic ring is 1. The quantitative estimate of drug-likeness (QED) is 0.304. The van der Waals surface area contributed by atoms with Crippen molar-refractivity contribution in [3.63, 3.8) is 0 Å². The number of carbonyl (C=O) groups is 2. The Labute approximate surface area is 146 Å². The van der Waals surface area contributed by atoms with Crippen molar-refractivity contribution in [3.8, 4) is 11.5 Å². The molecule has 0 aromatic heterocycles. The Morgan fingerprint density at radius 1 is 1.23 bits per heavy atom. The average molecular weight is 361 g/mol. The standard InChI is InChI=1S/C15H15N5O6/c1-26-13-4-7(2-3-10(13)19-15(17)23)18-14(22)8-5-11(20(24)25)12(21)6-9(8)16/h2-6,21H,16H2,1H3,(H,18,22)(H3,17,19,23). The van der Waals surface area contributed by atoms with Crippen molar-refractivity contribution in [2.24, 2.45) is 5.73 Å². The molecule has 0 atom stereocenters. The Hall–Kier alpha value is -4.02. The minimum absolute atomic E-state index is 0.135. The van der Waals surface area contributed by atoms with E-state index < -0.39 is 28.3 Å². The monoisotopic (exact) mass is 361 g/mol. The number of phenols is 1. The number of hydrogen-bond acceptors (Lipinski definition) is 7. The van der Waals surface area contributed by atoms with E-state index in [1.165, 1.54) is 25.3 Å². The first kappa shape index (κ1) is 18.3. The molecule has 0 heterocycles. The summed E-state index contributed by atoms with van der Waals surface area (Å²) in [6, 6.07) is 5.32. The number of benzene rings is 2. The Morgan fingerprint density at radius 2 is 1.92 bits per heavy atom. The summed E-state index contributed by atoms with van der Waals surface area (Å²) in [7, 11) is 1.36. The minimum Gasteiger partial charge on any atom is -0.502 e. The lowest BCUT2D eigenvalue weighted by atomic mass is 10.1. The van der Waals surface area contributed by atoms with E-state index >= 15 is 0 Å². The molecule has 0 aliphatic carbocycles. The molecule has 11 heteroatoms. The highest BCUT2D eigenvalue weighted by Gasteiger charge is 2.21. The molecule has 2 rings (SSSR count). The third kappa shape index (κ3) is 3.90. The van der Waals surface area contributed by atoms with E-state index in [-0.39, 0.29) is 28.4 Å². The van der Waals surface area contributed by atoms with Gasteiger partial charge >= 0.3 is 11.7 Å². The van der Waals surface area contributed by atoms with Crippen LogP contribution in [0, 0.1) is 10.1 Å². The normalized spacial score (nSPS) is 10.0. The second kappa shape index (κ2) is 7.25. The van der Waals surface area contributed by atoms with Gasteiger partial charge in [0.2, 0.25) is 0 Å². The maximum Gasteiger partial charge on any atom is 0.316 e. The fraction of sp³-hybridized carbons (Fsp3) is 0.0667. The van der Waals surface area contributed by atoms with Gasteiger partial charge < -0.3 is 31.9 Å². The molecule has 2 aromatic rings. The third-order valence-electron chi connectivity index (χ3n) is 3.31. The molecule has 136 valence electrons. The van der Waals surface area contributed by atoms with Crippen LogP contribution in [0.3, 0.4) is 0 Å². The van der Waals surface area contributed by atoms with Gasteiger partial charge in [0.1, 0.15) is 5.75 Å². The number of rotatable bonds is 5. The van der Waals surface area contributed by atoms with Crippen LogP contribution in [-0.2, 0) is 0 Å². The van der Waals surface area contributed by atoms with Crippen LogP contribution < -0.4 is 26.8 Å². The van der Waals surface area contributed by atoms with Gasteiger partial charge in [-0.15, -0.1) is 0 Å². The van der Waals surface area contributed by atoms with Gasteiger partial charge in [0, 0.05) is 29.6 Å². The predicted octanol–water partition coefficient (Wildman–Crippen LogP) is 1.63. The van der Waals surface area contributed by atoms with Gasteiger partial charge in [0.15, 0.2) is 5.75 Å². The van der Waals surface area contributed by atoms with Crippen LogP contribution in [0.25, 0.3) is 0 Å². The molecule has 0 saturated carbocycles. The molecular weight excluding hydrogens is 346 g/mol. The predicted molar refractivity (Wildman–Crippen MR) is 93.3 cm³/mol. The fourth-order valence-corrected chi connectivity index (χ4v) is 2.14. The van der Waals surface area contributed by atoms with Crippen molar-refractivity contribution in [2.75, 3.05) is 23.5 Å². The molecule has 0 aliphatic heterocycles. The number of amides is 3. The Morgan fingerprint density at radius 3 is 2.50 bits per heavy atom. The maximum atomic E-state index is 12.4. The lowest BCUT2D eigenvalue weighted by Crippen LogP contribution is -2.20. The van der Waals surface area contributed by atoms with Crippen molar-refractivity contribution in [3.05, 3.63) is 46.0 Å². The molecule has 0 unspecified atom stereocenters. The Bertz CT molecular complexity index is 898. The van der Waals surface area contributed by atoms with E-state index in [9.17, 15) is 24.8 Å². The smallest absolute Gasteiger partial charge is 0.316 e. The van der Waals surface area contributed by atoms with Crippen LogP contribution in [0.1, 0.15) is 10.4 Å². The number of nitrogens with two attached hydrogens (primary N) is 2. The largest absolute Gasteiger partial charge is 0.502 e. The maximum absolute atomic E-state index is 12.4. The summed E-state index contributed by atoms with van der Waals surface area (Å²) in [6.45, 7) is 0. The van der Waals surface area contributed by atoms with Crippen LogP contribution in [0.4, 0.5) is 27.5 Å². The van der Waals surface area contributed by atoms with Gasteiger partial charge in [-0.05, 0) is 12.1 Å². The number of phenolic OH excluding ortho intramolecular Hbond substituents is 1. The zero-order valence-electron chi connectivity index (χ0n) is 13.5. The van der Waals surface area contributed by atoms with Gasteiger partial charge in [0.05, 0.1) is 23.3 Å². The zero-order chi connectivity index (χ0) is 19.4. The molecule has 11 nitrogen and oxygen atoms in total. The first-order valence-electron chi connectivity index (χ1n) is 7.05. The number of nitro groups is 1. The zero-order valence-corrected chi connectivity index (χ0v) is 13.5. The molecular formula is C15H15N5O6. The van der Waals surface area contributed by atoms with Gasteiger partial charge in [0.25, 0.3) is 5.91 Å². The molecule has 0 radical (unpaired) electrons. The number of carbonyl (C=O) groups excluding carboxylic acids is 2. The van der Waals surface area contributed by atoms with Gasteiger partial charge in [-0.2, -0.15) is 0 Å². The lowest BCUT2D eigenvalue weighted by Gasteiger charge is -2.12. The van der Waals surface area contributed by atoms with Crippen molar-refractivity contribution in [2.45, 2.75) is 0 Å². The molecule has 2 aromatic carbocycles. The van der Waals surface area contributed by atoms with Gasteiger partial charge in [-0.25, -0.2) is 4.79 Å². The summed E-state index contributed by atoms with van der Waals surface area (Å²) >= 11 is 0. The van der Waals surface area contributed by atoms with E-state index in [4.69, 9.17) is 16.2 Å². The molecule has 0 spiro atoms.